The topological polar surface area (TPSA) is 55.8 Å². The summed E-state index contributed by atoms with van der Waals surface area (Å²) in [5, 5.41) is 8.85. The number of ether oxygens (including phenoxy) is 2. The summed E-state index contributed by atoms with van der Waals surface area (Å²) >= 11 is 0. The zero-order valence-electron chi connectivity index (χ0n) is 9.28. The van der Waals surface area contributed by atoms with E-state index in [4.69, 9.17) is 14.6 Å². The van der Waals surface area contributed by atoms with Crippen molar-refractivity contribution in [3.05, 3.63) is 23.8 Å². The molecule has 1 atom stereocenters. The highest BCUT2D eigenvalue weighted by Gasteiger charge is 2.40. The predicted molar refractivity (Wildman–Crippen MR) is 55.6 cm³/mol. The molecule has 0 spiro atoms. The second-order valence-corrected chi connectivity index (χ2v) is 3.35. The van der Waals surface area contributed by atoms with Crippen LogP contribution in [0.15, 0.2) is 18.2 Å². The van der Waals surface area contributed by atoms with Gasteiger partial charge >= 0.3 is 5.97 Å². The molecule has 1 rings (SSSR count). The first-order valence-corrected chi connectivity index (χ1v) is 4.59. The summed E-state index contributed by atoms with van der Waals surface area (Å²) in [5.74, 6) is -1.30. The van der Waals surface area contributed by atoms with Gasteiger partial charge in [-0.15, -0.1) is 0 Å². The van der Waals surface area contributed by atoms with E-state index >= 15 is 0 Å². The van der Waals surface area contributed by atoms with Crippen molar-refractivity contribution in [2.45, 2.75) is 12.6 Å². The van der Waals surface area contributed by atoms with Crippen LogP contribution in [0.5, 0.6) is 11.5 Å². The van der Waals surface area contributed by atoms with Crippen LogP contribution in [0.2, 0.25) is 0 Å². The number of methoxy groups -OCH3 is 2. The second kappa shape index (κ2) is 4.38. The van der Waals surface area contributed by atoms with Gasteiger partial charge in [0.15, 0.2) is 0 Å². The third kappa shape index (κ3) is 1.93. The number of alkyl halides is 1. The van der Waals surface area contributed by atoms with Crippen molar-refractivity contribution < 1.29 is 23.8 Å². The maximum Gasteiger partial charge on any atom is 0.346 e. The number of carboxylic acids is 1. The Morgan fingerprint density at radius 2 is 1.75 bits per heavy atom. The average molecular weight is 228 g/mol. The van der Waals surface area contributed by atoms with Crippen LogP contribution >= 0.6 is 0 Å². The van der Waals surface area contributed by atoms with Gasteiger partial charge in [-0.2, -0.15) is 0 Å². The molecule has 0 saturated carbocycles. The standard InChI is InChI=1S/C11H13FO4/c1-11(12,10(13)14)9-7(15-2)5-4-6-8(9)16-3/h4-6H,1-3H3,(H,13,14). The number of hydrogen-bond acceptors (Lipinski definition) is 3. The van der Waals surface area contributed by atoms with Crippen LogP contribution in [0.25, 0.3) is 0 Å². The number of carboxylic acid groups (broad SMARTS) is 1. The molecule has 0 aliphatic carbocycles. The summed E-state index contributed by atoms with van der Waals surface area (Å²) in [5.41, 5.74) is -2.68. The normalized spacial score (nSPS) is 14.0. The maximum atomic E-state index is 14.1. The summed E-state index contributed by atoms with van der Waals surface area (Å²) in [6, 6.07) is 4.57. The Hall–Kier alpha value is -1.78. The Labute approximate surface area is 92.6 Å². The number of carbonyl (C=O) groups is 1. The quantitative estimate of drug-likeness (QED) is 0.856. The lowest BCUT2D eigenvalue weighted by Crippen LogP contribution is -2.28. The van der Waals surface area contributed by atoms with Gasteiger partial charge in [-0.3, -0.25) is 0 Å². The smallest absolute Gasteiger partial charge is 0.346 e. The third-order valence-corrected chi connectivity index (χ3v) is 2.30. The second-order valence-electron chi connectivity index (χ2n) is 3.35. The molecule has 1 aromatic rings. The van der Waals surface area contributed by atoms with Crippen molar-refractivity contribution >= 4 is 5.97 Å². The molecule has 0 bridgehead atoms. The minimum absolute atomic E-state index is 0.118. The average Bonchev–Trinajstić information content (AvgIpc) is 2.27. The van der Waals surface area contributed by atoms with Gasteiger partial charge in [0.25, 0.3) is 0 Å². The van der Waals surface area contributed by atoms with E-state index in [-0.39, 0.29) is 17.1 Å². The van der Waals surface area contributed by atoms with Crippen molar-refractivity contribution in [2.75, 3.05) is 14.2 Å². The molecule has 1 unspecified atom stereocenters. The maximum absolute atomic E-state index is 14.1. The number of benzene rings is 1. The van der Waals surface area contributed by atoms with Gasteiger partial charge in [-0.25, -0.2) is 9.18 Å². The Balaban J connectivity index is 3.45. The van der Waals surface area contributed by atoms with E-state index in [1.54, 1.807) is 6.07 Å². The van der Waals surface area contributed by atoms with E-state index in [0.717, 1.165) is 6.92 Å². The van der Waals surface area contributed by atoms with Crippen molar-refractivity contribution in [3.63, 3.8) is 0 Å². The van der Waals surface area contributed by atoms with Crippen LogP contribution in [0.4, 0.5) is 4.39 Å². The van der Waals surface area contributed by atoms with Crippen molar-refractivity contribution in [3.8, 4) is 11.5 Å². The highest BCUT2D eigenvalue weighted by Crippen LogP contribution is 2.40. The summed E-state index contributed by atoms with van der Waals surface area (Å²) < 4.78 is 24.0. The fourth-order valence-electron chi connectivity index (χ4n) is 1.42. The molecule has 1 aromatic carbocycles. The van der Waals surface area contributed by atoms with Crippen LogP contribution < -0.4 is 9.47 Å². The van der Waals surface area contributed by atoms with E-state index in [9.17, 15) is 9.18 Å². The first-order chi connectivity index (χ1) is 7.45. The Bertz CT molecular complexity index is 379. The molecule has 0 amide bonds. The molecular formula is C11H13FO4. The van der Waals surface area contributed by atoms with Gasteiger partial charge in [-0.05, 0) is 19.1 Å². The lowest BCUT2D eigenvalue weighted by Gasteiger charge is -2.21. The van der Waals surface area contributed by atoms with Gasteiger partial charge in [0, 0.05) is 0 Å². The van der Waals surface area contributed by atoms with Crippen molar-refractivity contribution in [1.29, 1.82) is 0 Å². The molecule has 0 saturated heterocycles. The van der Waals surface area contributed by atoms with Crippen LogP contribution in [0, 0.1) is 0 Å². The van der Waals surface area contributed by atoms with Gasteiger partial charge < -0.3 is 14.6 Å². The molecular weight excluding hydrogens is 215 g/mol. The molecule has 5 heteroatoms. The fraction of sp³-hybridized carbons (Fsp3) is 0.364. The molecule has 4 nitrogen and oxygen atoms in total. The van der Waals surface area contributed by atoms with E-state index in [2.05, 4.69) is 0 Å². The van der Waals surface area contributed by atoms with Crippen LogP contribution in [-0.2, 0) is 10.5 Å². The molecule has 0 fully saturated rings. The summed E-state index contributed by atoms with van der Waals surface area (Å²) in [6.07, 6.45) is 0. The lowest BCUT2D eigenvalue weighted by atomic mass is 9.96. The predicted octanol–water partition coefficient (Wildman–Crippen LogP) is 1.97. The molecule has 88 valence electrons. The van der Waals surface area contributed by atoms with E-state index in [1.807, 2.05) is 0 Å². The highest BCUT2D eigenvalue weighted by molar-refractivity contribution is 5.81. The lowest BCUT2D eigenvalue weighted by molar-refractivity contribution is -0.150. The molecule has 0 radical (unpaired) electrons. The van der Waals surface area contributed by atoms with Crippen LogP contribution in [0.3, 0.4) is 0 Å². The number of aliphatic carboxylic acids is 1. The van der Waals surface area contributed by atoms with Gasteiger partial charge in [-0.1, -0.05) is 6.07 Å². The SMILES string of the molecule is COc1cccc(OC)c1C(C)(F)C(=O)O. The minimum Gasteiger partial charge on any atom is -0.496 e. The van der Waals surface area contributed by atoms with Gasteiger partial charge in [0.2, 0.25) is 5.67 Å². The Morgan fingerprint density at radius 3 is 2.06 bits per heavy atom. The molecule has 0 aromatic heterocycles. The molecule has 16 heavy (non-hydrogen) atoms. The van der Waals surface area contributed by atoms with Crippen molar-refractivity contribution in [1.82, 2.24) is 0 Å². The highest BCUT2D eigenvalue weighted by atomic mass is 19.1. The Kier molecular flexibility index (Phi) is 3.37. The van der Waals surface area contributed by atoms with E-state index in [0.29, 0.717) is 0 Å². The zero-order valence-corrected chi connectivity index (χ0v) is 9.28. The molecule has 0 aliphatic rings. The zero-order chi connectivity index (χ0) is 12.3. The molecule has 0 heterocycles. The van der Waals surface area contributed by atoms with E-state index in [1.165, 1.54) is 26.4 Å². The number of hydrogen-bond donors (Lipinski definition) is 1. The minimum atomic E-state index is -2.56. The third-order valence-electron chi connectivity index (χ3n) is 2.30. The largest absolute Gasteiger partial charge is 0.496 e. The Morgan fingerprint density at radius 1 is 1.31 bits per heavy atom. The fourth-order valence-corrected chi connectivity index (χ4v) is 1.42. The first kappa shape index (κ1) is 12.3. The number of rotatable bonds is 4. The number of halogens is 1. The first-order valence-electron chi connectivity index (χ1n) is 4.59. The van der Waals surface area contributed by atoms with E-state index < -0.39 is 11.6 Å². The van der Waals surface area contributed by atoms with Gasteiger partial charge in [0.05, 0.1) is 19.8 Å². The molecule has 0 aliphatic heterocycles. The summed E-state index contributed by atoms with van der Waals surface area (Å²) in [6.45, 7) is 0.954. The van der Waals surface area contributed by atoms with Crippen molar-refractivity contribution in [2.24, 2.45) is 0 Å². The van der Waals surface area contributed by atoms with Gasteiger partial charge in [0.1, 0.15) is 11.5 Å². The summed E-state index contributed by atoms with van der Waals surface area (Å²) in [7, 11) is 2.69. The van der Waals surface area contributed by atoms with Crippen LogP contribution in [0.1, 0.15) is 12.5 Å². The monoisotopic (exact) mass is 228 g/mol. The summed E-state index contributed by atoms with van der Waals surface area (Å²) in [4.78, 5) is 10.9. The molecule has 1 N–H and O–H groups in total. The van der Waals surface area contributed by atoms with Crippen LogP contribution in [-0.4, -0.2) is 25.3 Å².